The van der Waals surface area contributed by atoms with Crippen LogP contribution in [0, 0.1) is 0 Å². The van der Waals surface area contributed by atoms with E-state index < -0.39 is 9.84 Å². The van der Waals surface area contributed by atoms with Gasteiger partial charge in [-0.3, -0.25) is 4.99 Å². The lowest BCUT2D eigenvalue weighted by atomic mass is 10.2. The number of hydrogen-bond donors (Lipinski definition) is 2. The maximum atomic E-state index is 11.4. The summed E-state index contributed by atoms with van der Waals surface area (Å²) in [6.07, 6.45) is 0. The Morgan fingerprint density at radius 1 is 1.32 bits per heavy atom. The van der Waals surface area contributed by atoms with Gasteiger partial charge in [0.15, 0.2) is 15.8 Å². The predicted molar refractivity (Wildman–Crippen MR) is 101 cm³/mol. The topological polar surface area (TPSA) is 79.8 Å². The minimum absolute atomic E-state index is 0. The summed E-state index contributed by atoms with van der Waals surface area (Å²) in [5.41, 5.74) is 1.05. The molecule has 126 valence electrons. The maximum Gasteiger partial charge on any atom is 0.191 e. The van der Waals surface area contributed by atoms with Crippen LogP contribution in [0.3, 0.4) is 0 Å². The minimum atomic E-state index is -2.96. The van der Waals surface area contributed by atoms with Gasteiger partial charge in [-0.2, -0.15) is 0 Å². The van der Waals surface area contributed by atoms with Crippen molar-refractivity contribution in [2.24, 2.45) is 4.99 Å². The molecule has 1 aromatic carbocycles. The zero-order chi connectivity index (χ0) is 15.7. The van der Waals surface area contributed by atoms with E-state index in [0.717, 1.165) is 11.3 Å². The SMILES string of the molecule is CCS(=O)(=O)CCNC(=NC)NCc1cccc(OC)c1.I. The van der Waals surface area contributed by atoms with Crippen molar-refractivity contribution in [1.82, 2.24) is 10.6 Å². The Morgan fingerprint density at radius 2 is 2.05 bits per heavy atom. The lowest BCUT2D eigenvalue weighted by Gasteiger charge is -2.12. The van der Waals surface area contributed by atoms with E-state index >= 15 is 0 Å². The number of nitrogens with zero attached hydrogens (tertiary/aromatic N) is 1. The average molecular weight is 441 g/mol. The van der Waals surface area contributed by atoms with Crippen LogP contribution in [0.1, 0.15) is 12.5 Å². The Kier molecular flexibility index (Phi) is 10.2. The van der Waals surface area contributed by atoms with Crippen LogP contribution in [0.2, 0.25) is 0 Å². The smallest absolute Gasteiger partial charge is 0.191 e. The minimum Gasteiger partial charge on any atom is -0.497 e. The van der Waals surface area contributed by atoms with E-state index in [2.05, 4.69) is 15.6 Å². The van der Waals surface area contributed by atoms with Crippen molar-refractivity contribution >= 4 is 39.8 Å². The lowest BCUT2D eigenvalue weighted by molar-refractivity contribution is 0.414. The molecule has 0 radical (unpaired) electrons. The van der Waals surface area contributed by atoms with Gasteiger partial charge in [0.05, 0.1) is 12.9 Å². The first kappa shape index (κ1) is 21.0. The molecule has 0 bridgehead atoms. The molecule has 0 spiro atoms. The molecule has 0 saturated carbocycles. The molecule has 0 unspecified atom stereocenters. The number of ether oxygens (including phenoxy) is 1. The number of benzene rings is 1. The van der Waals surface area contributed by atoms with E-state index in [1.807, 2.05) is 24.3 Å². The molecule has 0 aromatic heterocycles. The van der Waals surface area contributed by atoms with Crippen molar-refractivity contribution in [2.75, 3.05) is 32.2 Å². The predicted octanol–water partition coefficient (Wildman–Crippen LogP) is 1.41. The van der Waals surface area contributed by atoms with Crippen LogP contribution < -0.4 is 15.4 Å². The number of halogens is 1. The summed E-state index contributed by atoms with van der Waals surface area (Å²) in [4.78, 5) is 4.06. The maximum absolute atomic E-state index is 11.4. The van der Waals surface area contributed by atoms with Gasteiger partial charge in [-0.15, -0.1) is 24.0 Å². The summed E-state index contributed by atoms with van der Waals surface area (Å²) in [7, 11) is 0.313. The largest absolute Gasteiger partial charge is 0.497 e. The Hall–Kier alpha value is -1.03. The van der Waals surface area contributed by atoms with E-state index in [9.17, 15) is 8.42 Å². The molecule has 8 heteroatoms. The van der Waals surface area contributed by atoms with Crippen molar-refractivity contribution in [1.29, 1.82) is 0 Å². The number of hydrogen-bond acceptors (Lipinski definition) is 4. The van der Waals surface area contributed by atoms with Crippen molar-refractivity contribution in [2.45, 2.75) is 13.5 Å². The number of aliphatic imine (C=N–C) groups is 1. The quantitative estimate of drug-likeness (QED) is 0.380. The first-order valence-corrected chi connectivity index (χ1v) is 8.60. The monoisotopic (exact) mass is 441 g/mol. The highest BCUT2D eigenvalue weighted by molar-refractivity contribution is 14.0. The lowest BCUT2D eigenvalue weighted by Crippen LogP contribution is -2.39. The van der Waals surface area contributed by atoms with Crippen LogP contribution in [0.15, 0.2) is 29.3 Å². The summed E-state index contributed by atoms with van der Waals surface area (Å²) in [6, 6.07) is 7.71. The molecule has 2 N–H and O–H groups in total. The zero-order valence-corrected chi connectivity index (χ0v) is 16.3. The van der Waals surface area contributed by atoms with Crippen LogP contribution in [0.5, 0.6) is 5.75 Å². The van der Waals surface area contributed by atoms with Gasteiger partial charge in [-0.05, 0) is 17.7 Å². The van der Waals surface area contributed by atoms with Gasteiger partial charge in [0, 0.05) is 25.9 Å². The summed E-state index contributed by atoms with van der Waals surface area (Å²) in [6.45, 7) is 2.57. The van der Waals surface area contributed by atoms with Gasteiger partial charge in [0.1, 0.15) is 5.75 Å². The zero-order valence-electron chi connectivity index (χ0n) is 13.1. The summed E-state index contributed by atoms with van der Waals surface area (Å²) < 4.78 is 28.0. The Bertz CT molecular complexity index is 576. The molecular formula is C14H24IN3O3S. The van der Waals surface area contributed by atoms with Gasteiger partial charge >= 0.3 is 0 Å². The number of sulfone groups is 1. The number of methoxy groups -OCH3 is 1. The second-order valence-electron chi connectivity index (χ2n) is 4.44. The van der Waals surface area contributed by atoms with Gasteiger partial charge in [-0.1, -0.05) is 19.1 Å². The van der Waals surface area contributed by atoms with Crippen LogP contribution >= 0.6 is 24.0 Å². The van der Waals surface area contributed by atoms with Crippen LogP contribution in [0.25, 0.3) is 0 Å². The molecule has 0 fully saturated rings. The molecule has 0 aliphatic rings. The fraction of sp³-hybridized carbons (Fsp3) is 0.500. The standard InChI is InChI=1S/C14H23N3O3S.HI/c1-4-21(18,19)9-8-16-14(15-2)17-11-12-6-5-7-13(10-12)20-3;/h5-7,10H,4,8-9,11H2,1-3H3,(H2,15,16,17);1H. The Balaban J connectivity index is 0.00000441. The fourth-order valence-electron chi connectivity index (χ4n) is 1.66. The second kappa shape index (κ2) is 10.7. The first-order chi connectivity index (χ1) is 10.0. The van der Waals surface area contributed by atoms with Crippen molar-refractivity contribution in [3.05, 3.63) is 29.8 Å². The highest BCUT2D eigenvalue weighted by Gasteiger charge is 2.07. The molecule has 22 heavy (non-hydrogen) atoms. The van der Waals surface area contributed by atoms with Crippen molar-refractivity contribution in [3.63, 3.8) is 0 Å². The van der Waals surface area contributed by atoms with Gasteiger partial charge < -0.3 is 15.4 Å². The summed E-state index contributed by atoms with van der Waals surface area (Å²) >= 11 is 0. The van der Waals surface area contributed by atoms with Crippen molar-refractivity contribution < 1.29 is 13.2 Å². The first-order valence-electron chi connectivity index (χ1n) is 6.78. The number of nitrogens with one attached hydrogen (secondary N) is 2. The Morgan fingerprint density at radius 3 is 2.64 bits per heavy atom. The second-order valence-corrected chi connectivity index (χ2v) is 6.91. The van der Waals surface area contributed by atoms with E-state index in [4.69, 9.17) is 4.74 Å². The molecule has 6 nitrogen and oxygen atoms in total. The van der Waals surface area contributed by atoms with Crippen LogP contribution in [0.4, 0.5) is 0 Å². The molecule has 1 rings (SSSR count). The molecular weight excluding hydrogens is 417 g/mol. The van der Waals surface area contributed by atoms with Gasteiger partial charge in [0.2, 0.25) is 0 Å². The molecule has 1 aromatic rings. The summed E-state index contributed by atoms with van der Waals surface area (Å²) in [5, 5.41) is 6.12. The number of rotatable bonds is 7. The van der Waals surface area contributed by atoms with E-state index in [1.54, 1.807) is 21.1 Å². The highest BCUT2D eigenvalue weighted by atomic mass is 127. The highest BCUT2D eigenvalue weighted by Crippen LogP contribution is 2.11. The average Bonchev–Trinajstić information content (AvgIpc) is 2.50. The Labute approximate surface area is 149 Å². The fourth-order valence-corrected chi connectivity index (χ4v) is 2.36. The third kappa shape index (κ3) is 7.83. The van der Waals surface area contributed by atoms with Crippen LogP contribution in [-0.4, -0.2) is 46.6 Å². The molecule has 0 aliphatic carbocycles. The normalized spacial score (nSPS) is 11.5. The summed E-state index contributed by atoms with van der Waals surface area (Å²) in [5.74, 6) is 1.63. The van der Waals surface area contributed by atoms with E-state index in [0.29, 0.717) is 19.0 Å². The molecule has 0 aliphatic heterocycles. The third-order valence-corrected chi connectivity index (χ3v) is 4.67. The molecule has 0 atom stereocenters. The van der Waals surface area contributed by atoms with E-state index in [1.165, 1.54) is 0 Å². The molecule has 0 amide bonds. The number of guanidine groups is 1. The third-order valence-electron chi connectivity index (χ3n) is 2.96. The van der Waals surface area contributed by atoms with E-state index in [-0.39, 0.29) is 35.5 Å². The van der Waals surface area contributed by atoms with Crippen LogP contribution in [-0.2, 0) is 16.4 Å². The molecule has 0 saturated heterocycles. The van der Waals surface area contributed by atoms with Gasteiger partial charge in [0.25, 0.3) is 0 Å². The molecule has 0 heterocycles. The van der Waals surface area contributed by atoms with Crippen molar-refractivity contribution in [3.8, 4) is 5.75 Å². The van der Waals surface area contributed by atoms with Gasteiger partial charge in [-0.25, -0.2) is 8.42 Å².